The van der Waals surface area contributed by atoms with Crippen molar-refractivity contribution in [1.82, 2.24) is 4.98 Å². The average molecular weight is 162 g/mol. The second kappa shape index (κ2) is 4.10. The summed E-state index contributed by atoms with van der Waals surface area (Å²) in [5.74, 6) is 0. The van der Waals surface area contributed by atoms with E-state index in [1.165, 1.54) is 6.20 Å². The Bertz CT molecular complexity index is 330. The number of hydrogen-bond acceptors (Lipinski definition) is 3. The number of pyridine rings is 1. The van der Waals surface area contributed by atoms with Gasteiger partial charge in [0.15, 0.2) is 6.29 Å². The van der Waals surface area contributed by atoms with Crippen LogP contribution in [0.15, 0.2) is 23.4 Å². The molecule has 0 spiro atoms. The minimum absolute atomic E-state index is 0.165. The lowest BCUT2D eigenvalue weighted by Gasteiger charge is -1.96. The molecule has 0 atom stereocenters. The molecule has 0 N–H and O–H groups in total. The molecule has 1 heterocycles. The zero-order valence-electron chi connectivity index (χ0n) is 6.21. The van der Waals surface area contributed by atoms with Crippen LogP contribution in [0.2, 0.25) is 0 Å². The van der Waals surface area contributed by atoms with Crippen LogP contribution in [-0.4, -0.2) is 11.3 Å². The fourth-order valence-corrected chi connectivity index (χ4v) is 0.798. The fraction of sp³-hybridized carbons (Fsp3) is 0.143. The van der Waals surface area contributed by atoms with E-state index in [1.807, 2.05) is 0 Å². The molecule has 0 saturated carbocycles. The molecular weight excluding hydrogens is 156 g/mol. The Morgan fingerprint density at radius 3 is 3.25 bits per heavy atom. The SMILES string of the molecule is [N-]=[N+]=NCc1cccnc1C=O. The number of rotatable bonds is 3. The summed E-state index contributed by atoms with van der Waals surface area (Å²) >= 11 is 0. The normalized spacial score (nSPS) is 8.67. The lowest BCUT2D eigenvalue weighted by Crippen LogP contribution is -1.93. The maximum absolute atomic E-state index is 10.4. The highest BCUT2D eigenvalue weighted by molar-refractivity contribution is 5.73. The van der Waals surface area contributed by atoms with Crippen molar-refractivity contribution in [2.45, 2.75) is 6.54 Å². The van der Waals surface area contributed by atoms with E-state index >= 15 is 0 Å². The van der Waals surface area contributed by atoms with Crippen LogP contribution in [0.1, 0.15) is 16.1 Å². The van der Waals surface area contributed by atoms with E-state index in [-0.39, 0.29) is 6.54 Å². The lowest BCUT2D eigenvalue weighted by molar-refractivity contribution is 0.111. The predicted molar refractivity (Wildman–Crippen MR) is 42.5 cm³/mol. The number of carbonyl (C=O) groups is 1. The van der Waals surface area contributed by atoms with Crippen molar-refractivity contribution in [1.29, 1.82) is 0 Å². The minimum Gasteiger partial charge on any atom is -0.296 e. The molecule has 1 rings (SSSR count). The maximum atomic E-state index is 10.4. The van der Waals surface area contributed by atoms with E-state index in [1.54, 1.807) is 12.1 Å². The Balaban J connectivity index is 2.96. The van der Waals surface area contributed by atoms with Gasteiger partial charge in [0.2, 0.25) is 0 Å². The number of aromatic nitrogens is 1. The molecule has 0 aliphatic rings. The first kappa shape index (κ1) is 8.23. The van der Waals surface area contributed by atoms with Crippen LogP contribution in [0.4, 0.5) is 0 Å². The molecule has 0 aliphatic heterocycles. The van der Waals surface area contributed by atoms with Gasteiger partial charge in [0, 0.05) is 11.1 Å². The van der Waals surface area contributed by atoms with Gasteiger partial charge in [0.1, 0.15) is 5.69 Å². The Morgan fingerprint density at radius 1 is 1.75 bits per heavy atom. The Morgan fingerprint density at radius 2 is 2.58 bits per heavy atom. The van der Waals surface area contributed by atoms with E-state index in [4.69, 9.17) is 5.53 Å². The van der Waals surface area contributed by atoms with E-state index in [2.05, 4.69) is 15.0 Å². The Labute approximate surface area is 68.7 Å². The summed E-state index contributed by atoms with van der Waals surface area (Å²) in [6, 6.07) is 3.39. The van der Waals surface area contributed by atoms with Crippen LogP contribution >= 0.6 is 0 Å². The molecule has 0 amide bonds. The third-order valence-corrected chi connectivity index (χ3v) is 1.34. The van der Waals surface area contributed by atoms with Gasteiger partial charge in [-0.2, -0.15) is 0 Å². The number of hydrogen-bond donors (Lipinski definition) is 0. The number of azide groups is 1. The summed E-state index contributed by atoms with van der Waals surface area (Å²) < 4.78 is 0. The lowest BCUT2D eigenvalue weighted by atomic mass is 10.2. The smallest absolute Gasteiger partial charge is 0.168 e. The van der Waals surface area contributed by atoms with Crippen LogP contribution in [0.5, 0.6) is 0 Å². The predicted octanol–water partition coefficient (Wildman–Crippen LogP) is 1.70. The molecule has 12 heavy (non-hydrogen) atoms. The van der Waals surface area contributed by atoms with Gasteiger partial charge in [-0.1, -0.05) is 11.2 Å². The number of carbonyl (C=O) groups excluding carboxylic acids is 1. The molecular formula is C7H6N4O. The van der Waals surface area contributed by atoms with Crippen molar-refractivity contribution in [2.24, 2.45) is 5.11 Å². The van der Waals surface area contributed by atoms with Gasteiger partial charge in [0.05, 0.1) is 6.54 Å². The summed E-state index contributed by atoms with van der Waals surface area (Å²) in [6.07, 6.45) is 2.16. The van der Waals surface area contributed by atoms with Gasteiger partial charge in [-0.15, -0.1) is 0 Å². The third kappa shape index (κ3) is 1.81. The molecule has 0 unspecified atom stereocenters. The van der Waals surface area contributed by atoms with Crippen molar-refractivity contribution in [3.05, 3.63) is 40.0 Å². The van der Waals surface area contributed by atoms with Gasteiger partial charge < -0.3 is 0 Å². The van der Waals surface area contributed by atoms with E-state index in [0.29, 0.717) is 17.5 Å². The molecule has 1 aromatic heterocycles. The molecule has 1 aromatic rings. The molecule has 0 aromatic carbocycles. The van der Waals surface area contributed by atoms with Crippen LogP contribution < -0.4 is 0 Å². The first-order valence-corrected chi connectivity index (χ1v) is 3.28. The summed E-state index contributed by atoms with van der Waals surface area (Å²) in [5, 5.41) is 3.33. The van der Waals surface area contributed by atoms with Gasteiger partial charge in [-0.3, -0.25) is 9.78 Å². The summed E-state index contributed by atoms with van der Waals surface area (Å²) in [4.78, 5) is 16.8. The molecule has 0 radical (unpaired) electrons. The van der Waals surface area contributed by atoms with Crippen molar-refractivity contribution < 1.29 is 4.79 Å². The van der Waals surface area contributed by atoms with Gasteiger partial charge in [0.25, 0.3) is 0 Å². The fourth-order valence-electron chi connectivity index (χ4n) is 0.798. The standard InChI is InChI=1S/C7H6N4O/c8-11-10-4-6-2-1-3-9-7(6)5-12/h1-3,5H,4H2. The van der Waals surface area contributed by atoms with Gasteiger partial charge in [-0.25, -0.2) is 0 Å². The largest absolute Gasteiger partial charge is 0.296 e. The highest BCUT2D eigenvalue weighted by Crippen LogP contribution is 2.03. The molecule has 5 heteroatoms. The molecule has 60 valence electrons. The van der Waals surface area contributed by atoms with Crippen molar-refractivity contribution in [2.75, 3.05) is 0 Å². The second-order valence-electron chi connectivity index (χ2n) is 2.05. The number of aldehydes is 1. The summed E-state index contributed by atoms with van der Waals surface area (Å²) in [5.41, 5.74) is 9.01. The zero-order chi connectivity index (χ0) is 8.81. The third-order valence-electron chi connectivity index (χ3n) is 1.34. The molecule has 0 bridgehead atoms. The van der Waals surface area contributed by atoms with Crippen molar-refractivity contribution in [3.63, 3.8) is 0 Å². The summed E-state index contributed by atoms with van der Waals surface area (Å²) in [7, 11) is 0. The average Bonchev–Trinajstić information content (AvgIpc) is 2.15. The summed E-state index contributed by atoms with van der Waals surface area (Å²) in [6.45, 7) is 0.165. The van der Waals surface area contributed by atoms with Crippen molar-refractivity contribution >= 4 is 6.29 Å². The van der Waals surface area contributed by atoms with Crippen LogP contribution in [-0.2, 0) is 6.54 Å². The molecule has 0 fully saturated rings. The highest BCUT2D eigenvalue weighted by atomic mass is 16.1. The van der Waals surface area contributed by atoms with Crippen LogP contribution in [0.3, 0.4) is 0 Å². The van der Waals surface area contributed by atoms with Gasteiger partial charge >= 0.3 is 0 Å². The molecule has 5 nitrogen and oxygen atoms in total. The minimum atomic E-state index is 0.165. The Hall–Kier alpha value is -1.87. The molecule has 0 aliphatic carbocycles. The Kier molecular flexibility index (Phi) is 2.81. The van der Waals surface area contributed by atoms with E-state index < -0.39 is 0 Å². The van der Waals surface area contributed by atoms with E-state index in [9.17, 15) is 4.79 Å². The highest BCUT2D eigenvalue weighted by Gasteiger charge is 1.98. The zero-order valence-corrected chi connectivity index (χ0v) is 6.21. The first-order chi connectivity index (χ1) is 5.88. The number of nitrogens with zero attached hydrogens (tertiary/aromatic N) is 4. The van der Waals surface area contributed by atoms with Crippen LogP contribution in [0.25, 0.3) is 10.4 Å². The van der Waals surface area contributed by atoms with Crippen LogP contribution in [0, 0.1) is 0 Å². The van der Waals surface area contributed by atoms with E-state index in [0.717, 1.165) is 0 Å². The monoisotopic (exact) mass is 162 g/mol. The topological polar surface area (TPSA) is 78.7 Å². The second-order valence-corrected chi connectivity index (χ2v) is 2.05. The maximum Gasteiger partial charge on any atom is 0.168 e. The molecule has 0 saturated heterocycles. The van der Waals surface area contributed by atoms with Crippen molar-refractivity contribution in [3.8, 4) is 0 Å². The first-order valence-electron chi connectivity index (χ1n) is 3.28. The quantitative estimate of drug-likeness (QED) is 0.293. The van der Waals surface area contributed by atoms with Gasteiger partial charge in [-0.05, 0) is 17.2 Å².